The van der Waals surface area contributed by atoms with Gasteiger partial charge in [-0.15, -0.1) is 0 Å². The molecule has 0 unspecified atom stereocenters. The summed E-state index contributed by atoms with van der Waals surface area (Å²) in [5.74, 6) is 2.72. The lowest BCUT2D eigenvalue weighted by Crippen LogP contribution is -2.44. The second kappa shape index (κ2) is 11.9. The minimum absolute atomic E-state index is 0.0812. The zero-order valence-electron chi connectivity index (χ0n) is 21.7. The zero-order valence-corrected chi connectivity index (χ0v) is 22.5. The predicted octanol–water partition coefficient (Wildman–Crippen LogP) is 3.41. The van der Waals surface area contributed by atoms with Crippen molar-refractivity contribution in [3.05, 3.63) is 57.9 Å². The molecule has 2 aromatic carbocycles. The summed E-state index contributed by atoms with van der Waals surface area (Å²) in [6.07, 6.45) is 2.83. The lowest BCUT2D eigenvalue weighted by atomic mass is 10.1. The largest absolute Gasteiger partial charge is 0.493 e. The van der Waals surface area contributed by atoms with Crippen LogP contribution in [0.4, 0.5) is 0 Å². The molecule has 3 heterocycles. The number of benzene rings is 2. The van der Waals surface area contributed by atoms with Crippen molar-refractivity contribution in [1.82, 2.24) is 15.2 Å². The lowest BCUT2D eigenvalue weighted by Gasteiger charge is -2.28. The molecule has 0 radical (unpaired) electrons. The van der Waals surface area contributed by atoms with Gasteiger partial charge in [-0.3, -0.25) is 4.79 Å². The van der Waals surface area contributed by atoms with E-state index in [0.29, 0.717) is 72.0 Å². The number of rotatable bonds is 9. The number of aromatic nitrogens is 1. The summed E-state index contributed by atoms with van der Waals surface area (Å²) < 4.78 is 28.0. The van der Waals surface area contributed by atoms with Crippen LogP contribution in [-0.4, -0.2) is 68.2 Å². The highest BCUT2D eigenvalue weighted by atomic mass is 32.1. The smallest absolute Gasteiger partial charge is 0.253 e. The standard InChI is InChI=1S/C28H33N3O6S/c1-33-23-6-5-18(12-24(23)34-2)7-8-29-28(38)31(17-21-4-3-9-35-21)16-20-13-19-14-25-26(37-11-10-36-25)15-22(19)30-27(20)32/h5-6,12-15,21H,3-4,7-11,16-17H2,1-2H3,(H,29,38)(H,30,32)/t21-/m1/s1. The zero-order chi connectivity index (χ0) is 26.5. The van der Waals surface area contributed by atoms with Crippen LogP contribution in [0.1, 0.15) is 24.0 Å². The van der Waals surface area contributed by atoms with Gasteiger partial charge in [0.25, 0.3) is 5.56 Å². The maximum absolute atomic E-state index is 13.0. The molecule has 10 heteroatoms. The second-order valence-corrected chi connectivity index (χ2v) is 9.78. The van der Waals surface area contributed by atoms with Gasteiger partial charge in [-0.2, -0.15) is 0 Å². The molecule has 1 saturated heterocycles. The lowest BCUT2D eigenvalue weighted by molar-refractivity contribution is 0.0897. The van der Waals surface area contributed by atoms with E-state index < -0.39 is 0 Å². The highest BCUT2D eigenvalue weighted by molar-refractivity contribution is 7.80. The van der Waals surface area contributed by atoms with Gasteiger partial charge < -0.3 is 38.9 Å². The van der Waals surface area contributed by atoms with Crippen molar-refractivity contribution in [2.45, 2.75) is 31.9 Å². The number of nitrogens with zero attached hydrogens (tertiary/aromatic N) is 1. The van der Waals surface area contributed by atoms with E-state index in [0.717, 1.165) is 36.8 Å². The Labute approximate surface area is 227 Å². The molecule has 0 spiro atoms. The van der Waals surface area contributed by atoms with Crippen LogP contribution in [0, 0.1) is 0 Å². The molecule has 0 aliphatic carbocycles. The molecule has 3 aromatic rings. The van der Waals surface area contributed by atoms with Crippen LogP contribution in [-0.2, 0) is 17.7 Å². The Morgan fingerprint density at radius 1 is 1.08 bits per heavy atom. The van der Waals surface area contributed by atoms with Crippen LogP contribution in [0.3, 0.4) is 0 Å². The predicted molar refractivity (Wildman–Crippen MR) is 149 cm³/mol. The van der Waals surface area contributed by atoms with E-state index in [-0.39, 0.29) is 11.7 Å². The summed E-state index contributed by atoms with van der Waals surface area (Å²) in [6.45, 7) is 3.36. The van der Waals surface area contributed by atoms with E-state index in [1.807, 2.05) is 41.3 Å². The SMILES string of the molecule is COc1ccc(CCNC(=S)N(Cc2cc3cc4c(cc3[nH]c2=O)OCCO4)C[C@H]2CCCO2)cc1OC. The number of fused-ring (bicyclic) bond motifs is 2. The quantitative estimate of drug-likeness (QED) is 0.397. The minimum Gasteiger partial charge on any atom is -0.493 e. The van der Waals surface area contributed by atoms with E-state index in [2.05, 4.69) is 10.3 Å². The van der Waals surface area contributed by atoms with Crippen LogP contribution >= 0.6 is 12.2 Å². The van der Waals surface area contributed by atoms with Crippen LogP contribution in [0.2, 0.25) is 0 Å². The van der Waals surface area contributed by atoms with Crippen LogP contribution in [0.15, 0.2) is 41.2 Å². The second-order valence-electron chi connectivity index (χ2n) is 9.39. The molecule has 0 amide bonds. The van der Waals surface area contributed by atoms with Gasteiger partial charge in [0.05, 0.1) is 32.4 Å². The van der Waals surface area contributed by atoms with Crippen molar-refractivity contribution in [2.75, 3.05) is 47.1 Å². The number of aromatic amines is 1. The van der Waals surface area contributed by atoms with Gasteiger partial charge in [-0.25, -0.2) is 0 Å². The van der Waals surface area contributed by atoms with Gasteiger partial charge in [0.1, 0.15) is 13.2 Å². The topological polar surface area (TPSA) is 94.3 Å². The molecule has 2 aliphatic rings. The van der Waals surface area contributed by atoms with Crippen molar-refractivity contribution < 1.29 is 23.7 Å². The molecule has 2 aliphatic heterocycles. The molecular formula is C28H33N3O6S. The van der Waals surface area contributed by atoms with E-state index in [1.54, 1.807) is 14.2 Å². The summed E-state index contributed by atoms with van der Waals surface area (Å²) in [5, 5.41) is 4.84. The third kappa shape index (κ3) is 5.97. The third-order valence-electron chi connectivity index (χ3n) is 6.82. The maximum atomic E-state index is 13.0. The fourth-order valence-electron chi connectivity index (χ4n) is 4.83. The van der Waals surface area contributed by atoms with Gasteiger partial charge in [-0.1, -0.05) is 6.07 Å². The van der Waals surface area contributed by atoms with Crippen LogP contribution < -0.4 is 29.8 Å². The Balaban J connectivity index is 1.30. The van der Waals surface area contributed by atoms with Crippen LogP contribution in [0.25, 0.3) is 10.9 Å². The van der Waals surface area contributed by atoms with Gasteiger partial charge >= 0.3 is 0 Å². The number of H-pyrrole nitrogens is 1. The van der Waals surface area contributed by atoms with E-state index in [9.17, 15) is 4.79 Å². The highest BCUT2D eigenvalue weighted by Crippen LogP contribution is 2.34. The molecule has 0 saturated carbocycles. The number of hydrogen-bond donors (Lipinski definition) is 2. The molecule has 2 N–H and O–H groups in total. The van der Waals surface area contributed by atoms with Crippen molar-refractivity contribution >= 4 is 28.2 Å². The molecule has 38 heavy (non-hydrogen) atoms. The highest BCUT2D eigenvalue weighted by Gasteiger charge is 2.22. The number of thiocarbonyl (C=S) groups is 1. The number of hydrogen-bond acceptors (Lipinski definition) is 7. The van der Waals surface area contributed by atoms with Gasteiger partial charge in [0.15, 0.2) is 28.1 Å². The van der Waals surface area contributed by atoms with Crippen molar-refractivity contribution in [3.8, 4) is 23.0 Å². The van der Waals surface area contributed by atoms with Gasteiger partial charge in [0, 0.05) is 36.7 Å². The van der Waals surface area contributed by atoms with E-state index in [1.165, 1.54) is 0 Å². The van der Waals surface area contributed by atoms with Crippen molar-refractivity contribution in [1.29, 1.82) is 0 Å². The molecule has 1 fully saturated rings. The Bertz CT molecular complexity index is 1350. The van der Waals surface area contributed by atoms with Gasteiger partial charge in [-0.05, 0) is 61.3 Å². The number of pyridine rings is 1. The number of ether oxygens (including phenoxy) is 5. The van der Waals surface area contributed by atoms with Gasteiger partial charge in [0.2, 0.25) is 0 Å². The van der Waals surface area contributed by atoms with Crippen molar-refractivity contribution in [2.24, 2.45) is 0 Å². The third-order valence-corrected chi connectivity index (χ3v) is 7.22. The Kier molecular flexibility index (Phi) is 8.19. The maximum Gasteiger partial charge on any atom is 0.253 e. The molecule has 1 aromatic heterocycles. The molecular weight excluding hydrogens is 506 g/mol. The first-order valence-corrected chi connectivity index (χ1v) is 13.3. The average molecular weight is 540 g/mol. The number of nitrogens with one attached hydrogen (secondary N) is 2. The molecule has 202 valence electrons. The van der Waals surface area contributed by atoms with Crippen LogP contribution in [0.5, 0.6) is 23.0 Å². The van der Waals surface area contributed by atoms with Crippen molar-refractivity contribution in [3.63, 3.8) is 0 Å². The molecule has 5 rings (SSSR count). The fourth-order valence-corrected chi connectivity index (χ4v) is 5.07. The molecule has 1 atom stereocenters. The first-order valence-electron chi connectivity index (χ1n) is 12.8. The monoisotopic (exact) mass is 539 g/mol. The normalized spacial score (nSPS) is 16.3. The van der Waals surface area contributed by atoms with E-state index >= 15 is 0 Å². The Hall–Kier alpha value is -3.50. The van der Waals surface area contributed by atoms with E-state index in [4.69, 9.17) is 35.9 Å². The molecule has 9 nitrogen and oxygen atoms in total. The Morgan fingerprint density at radius 3 is 2.61 bits per heavy atom. The minimum atomic E-state index is -0.153. The average Bonchev–Trinajstić information content (AvgIpc) is 3.45. The fraction of sp³-hybridized carbons (Fsp3) is 0.429. The summed E-state index contributed by atoms with van der Waals surface area (Å²) in [6, 6.07) is 11.5. The first kappa shape index (κ1) is 26.1. The summed E-state index contributed by atoms with van der Waals surface area (Å²) in [7, 11) is 3.25. The number of methoxy groups -OCH3 is 2. The summed E-state index contributed by atoms with van der Waals surface area (Å²) in [5.41, 5.74) is 2.28. The summed E-state index contributed by atoms with van der Waals surface area (Å²) >= 11 is 5.80. The molecule has 0 bridgehead atoms. The Morgan fingerprint density at radius 2 is 1.87 bits per heavy atom. The summed E-state index contributed by atoms with van der Waals surface area (Å²) in [4.78, 5) is 18.1. The first-order chi connectivity index (χ1) is 18.5.